The second-order valence-corrected chi connectivity index (χ2v) is 19.6. The summed E-state index contributed by atoms with van der Waals surface area (Å²) < 4.78 is 16.9. The van der Waals surface area contributed by atoms with Crippen LogP contribution in [-0.2, 0) is 28.6 Å². The maximum absolute atomic E-state index is 12.9. The fourth-order valence-corrected chi connectivity index (χ4v) is 8.27. The molecule has 0 aromatic heterocycles. The van der Waals surface area contributed by atoms with Crippen molar-refractivity contribution < 1.29 is 28.6 Å². The first-order chi connectivity index (χ1) is 34.0. The molecule has 0 saturated carbocycles. The van der Waals surface area contributed by atoms with Gasteiger partial charge in [0.05, 0.1) is 0 Å². The van der Waals surface area contributed by atoms with Gasteiger partial charge in [-0.25, -0.2) is 0 Å². The highest BCUT2D eigenvalue weighted by Crippen LogP contribution is 2.15. The van der Waals surface area contributed by atoms with Crippen molar-refractivity contribution in [1.29, 1.82) is 0 Å². The van der Waals surface area contributed by atoms with Gasteiger partial charge in [0, 0.05) is 19.3 Å². The first-order valence-corrected chi connectivity index (χ1v) is 29.5. The van der Waals surface area contributed by atoms with Gasteiger partial charge in [-0.2, -0.15) is 0 Å². The average molecular weight is 964 g/mol. The summed E-state index contributed by atoms with van der Waals surface area (Å²) in [6, 6.07) is 0. The first-order valence-electron chi connectivity index (χ1n) is 29.5. The van der Waals surface area contributed by atoms with Gasteiger partial charge in [-0.1, -0.05) is 248 Å². The molecule has 0 spiro atoms. The highest BCUT2D eigenvalue weighted by molar-refractivity contribution is 5.71. The Labute approximate surface area is 427 Å². The van der Waals surface area contributed by atoms with E-state index < -0.39 is 6.10 Å². The van der Waals surface area contributed by atoms with E-state index in [2.05, 4.69) is 93.7 Å². The van der Waals surface area contributed by atoms with Crippen LogP contribution >= 0.6 is 0 Å². The van der Waals surface area contributed by atoms with Crippen LogP contribution in [0, 0.1) is 0 Å². The molecule has 0 radical (unpaired) electrons. The Morgan fingerprint density at radius 2 is 0.536 bits per heavy atom. The van der Waals surface area contributed by atoms with E-state index in [1.54, 1.807) is 0 Å². The van der Waals surface area contributed by atoms with Crippen molar-refractivity contribution in [3.8, 4) is 0 Å². The molecule has 1 atom stereocenters. The van der Waals surface area contributed by atoms with Gasteiger partial charge < -0.3 is 14.2 Å². The Morgan fingerprint density at radius 1 is 0.290 bits per heavy atom. The lowest BCUT2D eigenvalue weighted by molar-refractivity contribution is -0.167. The monoisotopic (exact) mass is 963 g/mol. The third kappa shape index (κ3) is 55.6. The standard InChI is InChI=1S/C63H110O6/c1-4-7-10-13-16-19-22-25-28-30-32-35-38-41-44-47-50-53-56-62(65)68-59-60(58-67-61(64)55-52-49-46-43-40-37-34-27-24-21-18-15-12-9-6-3)69-63(66)57-54-51-48-45-42-39-36-33-31-29-26-23-20-17-14-11-8-5-2/h16,19,21-22,24-25,28,30,32-33,35-36,60H,4-15,17-18,20,23,26-27,29,31,34,37-59H2,1-3H3/b19-16-,24-21-,25-22-,30-28-,35-32-,36-33-. The lowest BCUT2D eigenvalue weighted by atomic mass is 10.1. The van der Waals surface area contributed by atoms with Crippen LogP contribution in [0.3, 0.4) is 0 Å². The van der Waals surface area contributed by atoms with Gasteiger partial charge >= 0.3 is 17.9 Å². The van der Waals surface area contributed by atoms with E-state index in [0.29, 0.717) is 19.3 Å². The Balaban J connectivity index is 4.44. The second kappa shape index (κ2) is 57.4. The molecule has 0 aliphatic rings. The van der Waals surface area contributed by atoms with E-state index in [0.717, 1.165) is 96.3 Å². The molecule has 0 aromatic rings. The van der Waals surface area contributed by atoms with Gasteiger partial charge in [-0.15, -0.1) is 0 Å². The molecule has 69 heavy (non-hydrogen) atoms. The van der Waals surface area contributed by atoms with Crippen molar-refractivity contribution in [2.24, 2.45) is 0 Å². The molecule has 0 heterocycles. The minimum absolute atomic E-state index is 0.0881. The minimum Gasteiger partial charge on any atom is -0.462 e. The number of ether oxygens (including phenoxy) is 3. The molecule has 1 unspecified atom stereocenters. The van der Waals surface area contributed by atoms with Crippen LogP contribution in [0.25, 0.3) is 0 Å². The number of hydrogen-bond donors (Lipinski definition) is 0. The van der Waals surface area contributed by atoms with Gasteiger partial charge in [-0.3, -0.25) is 14.4 Å². The first kappa shape index (κ1) is 65.8. The number of esters is 3. The van der Waals surface area contributed by atoms with E-state index in [1.165, 1.54) is 154 Å². The molecule has 6 nitrogen and oxygen atoms in total. The average Bonchev–Trinajstić information content (AvgIpc) is 3.35. The van der Waals surface area contributed by atoms with E-state index in [-0.39, 0.29) is 31.1 Å². The fraction of sp³-hybridized carbons (Fsp3) is 0.762. The zero-order valence-corrected chi connectivity index (χ0v) is 45.6. The summed E-state index contributed by atoms with van der Waals surface area (Å²) in [7, 11) is 0. The van der Waals surface area contributed by atoms with Crippen molar-refractivity contribution in [2.45, 2.75) is 297 Å². The number of allylic oxidation sites excluding steroid dienone is 12. The Kier molecular flexibility index (Phi) is 54.8. The van der Waals surface area contributed by atoms with Crippen molar-refractivity contribution in [2.75, 3.05) is 13.2 Å². The van der Waals surface area contributed by atoms with Crippen LogP contribution in [0.15, 0.2) is 72.9 Å². The molecule has 0 fully saturated rings. The fourth-order valence-electron chi connectivity index (χ4n) is 8.27. The molecule has 0 aromatic carbocycles. The third-order valence-electron chi connectivity index (χ3n) is 12.7. The summed E-state index contributed by atoms with van der Waals surface area (Å²) in [6.45, 7) is 6.58. The van der Waals surface area contributed by atoms with Crippen molar-refractivity contribution in [3.05, 3.63) is 72.9 Å². The molecular formula is C63H110O6. The molecule has 6 heteroatoms. The lowest BCUT2D eigenvalue weighted by Gasteiger charge is -2.18. The van der Waals surface area contributed by atoms with Crippen molar-refractivity contribution in [1.82, 2.24) is 0 Å². The summed E-state index contributed by atoms with van der Waals surface area (Å²) >= 11 is 0. The minimum atomic E-state index is -0.792. The van der Waals surface area contributed by atoms with Crippen molar-refractivity contribution in [3.63, 3.8) is 0 Å². The summed E-state index contributed by atoms with van der Waals surface area (Å²) in [4.78, 5) is 38.2. The molecule has 0 saturated heterocycles. The van der Waals surface area contributed by atoms with Crippen LogP contribution in [0.5, 0.6) is 0 Å². The number of unbranched alkanes of at least 4 members (excludes halogenated alkanes) is 33. The molecule has 0 aliphatic heterocycles. The highest BCUT2D eigenvalue weighted by Gasteiger charge is 2.19. The second-order valence-electron chi connectivity index (χ2n) is 19.6. The number of carbonyl (C=O) groups excluding carboxylic acids is 3. The summed E-state index contributed by atoms with van der Waals surface area (Å²) in [5.74, 6) is -0.915. The largest absolute Gasteiger partial charge is 0.462 e. The van der Waals surface area contributed by atoms with Gasteiger partial charge in [-0.05, 0) is 96.3 Å². The molecular weight excluding hydrogens is 853 g/mol. The van der Waals surface area contributed by atoms with Crippen LogP contribution in [0.4, 0.5) is 0 Å². The summed E-state index contributed by atoms with van der Waals surface area (Å²) in [6.07, 6.45) is 73.1. The SMILES string of the molecule is CCCCC\C=C/C=C\C=C/C=C\CCCCCCCC(=O)OCC(COC(=O)CCCCCCCCC/C=C\CCCCCC)OC(=O)CCCCCCC/C=C\CCCCCCCCCCC. The van der Waals surface area contributed by atoms with E-state index in [1.807, 2.05) is 0 Å². The topological polar surface area (TPSA) is 78.9 Å². The quantitative estimate of drug-likeness (QED) is 0.0199. The summed E-state index contributed by atoms with van der Waals surface area (Å²) in [5.41, 5.74) is 0. The molecule has 0 amide bonds. The molecule has 0 N–H and O–H groups in total. The van der Waals surface area contributed by atoms with Crippen LogP contribution in [-0.4, -0.2) is 37.2 Å². The van der Waals surface area contributed by atoms with Crippen molar-refractivity contribution >= 4 is 17.9 Å². The maximum atomic E-state index is 12.9. The zero-order valence-electron chi connectivity index (χ0n) is 45.6. The molecule has 0 aliphatic carbocycles. The predicted molar refractivity (Wildman–Crippen MR) is 298 cm³/mol. The molecule has 0 bridgehead atoms. The predicted octanol–water partition coefficient (Wildman–Crippen LogP) is 19.8. The van der Waals surface area contributed by atoms with E-state index in [4.69, 9.17) is 14.2 Å². The molecule has 398 valence electrons. The van der Waals surface area contributed by atoms with Crippen LogP contribution in [0.2, 0.25) is 0 Å². The molecule has 0 rings (SSSR count). The zero-order chi connectivity index (χ0) is 50.0. The Hall–Kier alpha value is -3.15. The lowest BCUT2D eigenvalue weighted by Crippen LogP contribution is -2.30. The van der Waals surface area contributed by atoms with Gasteiger partial charge in [0.15, 0.2) is 6.10 Å². The normalized spacial score (nSPS) is 12.6. The maximum Gasteiger partial charge on any atom is 0.306 e. The van der Waals surface area contributed by atoms with Crippen LogP contribution < -0.4 is 0 Å². The van der Waals surface area contributed by atoms with Gasteiger partial charge in [0.25, 0.3) is 0 Å². The van der Waals surface area contributed by atoms with E-state index in [9.17, 15) is 14.4 Å². The Bertz CT molecular complexity index is 1290. The number of hydrogen-bond acceptors (Lipinski definition) is 6. The van der Waals surface area contributed by atoms with Gasteiger partial charge in [0.2, 0.25) is 0 Å². The smallest absolute Gasteiger partial charge is 0.306 e. The summed E-state index contributed by atoms with van der Waals surface area (Å²) in [5, 5.41) is 0. The van der Waals surface area contributed by atoms with Crippen LogP contribution in [0.1, 0.15) is 290 Å². The number of rotatable bonds is 53. The van der Waals surface area contributed by atoms with Gasteiger partial charge in [0.1, 0.15) is 13.2 Å². The Morgan fingerprint density at radius 3 is 0.899 bits per heavy atom. The highest BCUT2D eigenvalue weighted by atomic mass is 16.6. The number of carbonyl (C=O) groups is 3. The third-order valence-corrected chi connectivity index (χ3v) is 12.7. The van der Waals surface area contributed by atoms with E-state index >= 15 is 0 Å².